The fraction of sp³-hybridized carbons (Fsp3) is 0.562. The first-order valence-corrected chi connectivity index (χ1v) is 7.61. The number of benzene rings is 1. The molecule has 1 aliphatic carbocycles. The van der Waals surface area contributed by atoms with Crippen molar-refractivity contribution in [2.45, 2.75) is 39.5 Å². The lowest BCUT2D eigenvalue weighted by Gasteiger charge is -2.27. The maximum atomic E-state index is 5.79. The highest BCUT2D eigenvalue weighted by molar-refractivity contribution is 7.80. The predicted molar refractivity (Wildman–Crippen MR) is 86.7 cm³/mol. The third-order valence-electron chi connectivity index (χ3n) is 4.07. The van der Waals surface area contributed by atoms with Gasteiger partial charge in [-0.15, -0.1) is 0 Å². The second-order valence-electron chi connectivity index (χ2n) is 5.93. The Labute approximate surface area is 121 Å². The number of thiocarbonyl (C=S) groups is 1. The van der Waals surface area contributed by atoms with Gasteiger partial charge in [-0.3, -0.25) is 0 Å². The summed E-state index contributed by atoms with van der Waals surface area (Å²) in [5, 5.41) is 3.56. The van der Waals surface area contributed by atoms with Crippen LogP contribution in [0.5, 0.6) is 0 Å². The first kappa shape index (κ1) is 14.3. The van der Waals surface area contributed by atoms with E-state index in [4.69, 9.17) is 18.0 Å². The van der Waals surface area contributed by atoms with E-state index in [1.165, 1.54) is 31.2 Å². The first-order valence-electron chi connectivity index (χ1n) is 7.20. The zero-order chi connectivity index (χ0) is 13.8. The Morgan fingerprint density at radius 3 is 2.89 bits per heavy atom. The van der Waals surface area contributed by atoms with Gasteiger partial charge in [-0.25, -0.2) is 0 Å². The highest BCUT2D eigenvalue weighted by atomic mass is 32.1. The van der Waals surface area contributed by atoms with Crippen LogP contribution in [0.25, 0.3) is 0 Å². The van der Waals surface area contributed by atoms with Gasteiger partial charge in [0.2, 0.25) is 0 Å². The van der Waals surface area contributed by atoms with Crippen LogP contribution >= 0.6 is 12.2 Å². The number of nitrogens with one attached hydrogen (secondary N) is 1. The van der Waals surface area contributed by atoms with Crippen molar-refractivity contribution in [3.05, 3.63) is 29.3 Å². The number of hydrogen-bond acceptors (Lipinski definition) is 2. The molecule has 0 spiro atoms. The highest BCUT2D eigenvalue weighted by Gasteiger charge is 2.18. The number of anilines is 1. The summed E-state index contributed by atoms with van der Waals surface area (Å²) in [6.45, 7) is 5.49. The summed E-state index contributed by atoms with van der Waals surface area (Å²) >= 11 is 5.12. The molecule has 0 saturated heterocycles. The van der Waals surface area contributed by atoms with Crippen LogP contribution < -0.4 is 11.1 Å². The van der Waals surface area contributed by atoms with Crippen LogP contribution in [0.2, 0.25) is 0 Å². The Kier molecular flexibility index (Phi) is 4.81. The summed E-state index contributed by atoms with van der Waals surface area (Å²) in [5.74, 6) is 1.65. The summed E-state index contributed by atoms with van der Waals surface area (Å²) < 4.78 is 0. The van der Waals surface area contributed by atoms with E-state index in [2.05, 4.69) is 31.3 Å². The quantitative estimate of drug-likeness (QED) is 0.820. The van der Waals surface area contributed by atoms with E-state index in [1.54, 1.807) is 0 Å². The second kappa shape index (κ2) is 6.38. The van der Waals surface area contributed by atoms with E-state index in [9.17, 15) is 0 Å². The standard InChI is InChI=1S/C16H24N2S/c1-11-4-3-5-13(8-11)10-18-15-9-12(2)6-7-14(15)16(17)19/h6-7,9,11,13,18H,3-5,8,10H2,1-2H3,(H2,17,19). The summed E-state index contributed by atoms with van der Waals surface area (Å²) in [6, 6.07) is 6.21. The normalized spacial score (nSPS) is 23.1. The predicted octanol–water partition coefficient (Wildman–Crippen LogP) is 3.87. The number of nitrogens with two attached hydrogens (primary N) is 1. The summed E-state index contributed by atoms with van der Waals surface area (Å²) in [7, 11) is 0. The minimum absolute atomic E-state index is 0.472. The first-order chi connectivity index (χ1) is 9.06. The van der Waals surface area contributed by atoms with Gasteiger partial charge in [0.15, 0.2) is 0 Å². The summed E-state index contributed by atoms with van der Waals surface area (Å²) in [6.07, 6.45) is 5.43. The van der Waals surface area contributed by atoms with Gasteiger partial charge in [0.05, 0.1) is 0 Å². The molecule has 1 aromatic rings. The molecule has 1 aliphatic rings. The molecule has 0 heterocycles. The summed E-state index contributed by atoms with van der Waals surface area (Å²) in [5.41, 5.74) is 9.07. The highest BCUT2D eigenvalue weighted by Crippen LogP contribution is 2.29. The fourth-order valence-corrected chi connectivity index (χ4v) is 3.20. The molecule has 3 N–H and O–H groups in total. The van der Waals surface area contributed by atoms with Crippen molar-refractivity contribution in [2.24, 2.45) is 17.6 Å². The van der Waals surface area contributed by atoms with Crippen LogP contribution in [-0.2, 0) is 0 Å². The Hall–Kier alpha value is -1.09. The van der Waals surface area contributed by atoms with Crippen molar-refractivity contribution >= 4 is 22.9 Å². The third-order valence-corrected chi connectivity index (χ3v) is 4.29. The maximum absolute atomic E-state index is 5.79. The van der Waals surface area contributed by atoms with Crippen LogP contribution in [0.4, 0.5) is 5.69 Å². The smallest absolute Gasteiger partial charge is 0.106 e. The van der Waals surface area contributed by atoms with Gasteiger partial charge in [-0.1, -0.05) is 38.0 Å². The average Bonchev–Trinajstić information content (AvgIpc) is 2.36. The molecule has 0 aromatic heterocycles. The van der Waals surface area contributed by atoms with Crippen molar-refractivity contribution < 1.29 is 0 Å². The molecule has 1 saturated carbocycles. The zero-order valence-electron chi connectivity index (χ0n) is 11.9. The van der Waals surface area contributed by atoms with Crippen molar-refractivity contribution in [1.82, 2.24) is 0 Å². The van der Waals surface area contributed by atoms with Crippen LogP contribution in [0.3, 0.4) is 0 Å². The Morgan fingerprint density at radius 1 is 1.42 bits per heavy atom. The van der Waals surface area contributed by atoms with E-state index in [0.717, 1.165) is 29.6 Å². The number of rotatable bonds is 4. The molecule has 2 unspecified atom stereocenters. The molecule has 2 rings (SSSR count). The van der Waals surface area contributed by atoms with Gasteiger partial charge in [0.25, 0.3) is 0 Å². The maximum Gasteiger partial charge on any atom is 0.106 e. The molecular formula is C16H24N2S. The van der Waals surface area contributed by atoms with Gasteiger partial charge in [0, 0.05) is 17.8 Å². The molecule has 2 atom stereocenters. The van der Waals surface area contributed by atoms with Crippen molar-refractivity contribution in [2.75, 3.05) is 11.9 Å². The molecule has 1 fully saturated rings. The molecule has 0 amide bonds. The number of hydrogen-bond donors (Lipinski definition) is 2. The fourth-order valence-electron chi connectivity index (χ4n) is 3.02. The third kappa shape index (κ3) is 3.93. The van der Waals surface area contributed by atoms with Crippen LogP contribution in [0, 0.1) is 18.8 Å². The van der Waals surface area contributed by atoms with Crippen LogP contribution in [0.15, 0.2) is 18.2 Å². The monoisotopic (exact) mass is 276 g/mol. The molecule has 2 nitrogen and oxygen atoms in total. The molecule has 0 bridgehead atoms. The summed E-state index contributed by atoms with van der Waals surface area (Å²) in [4.78, 5) is 0.472. The largest absolute Gasteiger partial charge is 0.389 e. The van der Waals surface area contributed by atoms with Gasteiger partial charge >= 0.3 is 0 Å². The van der Waals surface area contributed by atoms with E-state index in [1.807, 2.05) is 6.07 Å². The van der Waals surface area contributed by atoms with Crippen molar-refractivity contribution in [1.29, 1.82) is 0 Å². The van der Waals surface area contributed by atoms with Crippen LogP contribution in [0.1, 0.15) is 43.7 Å². The topological polar surface area (TPSA) is 38.0 Å². The second-order valence-corrected chi connectivity index (χ2v) is 6.37. The molecule has 3 heteroatoms. The Bertz CT molecular complexity index is 456. The van der Waals surface area contributed by atoms with Gasteiger partial charge in [-0.2, -0.15) is 0 Å². The van der Waals surface area contributed by atoms with Gasteiger partial charge in [0.1, 0.15) is 4.99 Å². The molecule has 0 aliphatic heterocycles. The SMILES string of the molecule is Cc1ccc(C(N)=S)c(NCC2CCCC(C)C2)c1. The molecule has 0 radical (unpaired) electrons. The molecular weight excluding hydrogens is 252 g/mol. The minimum atomic E-state index is 0.472. The van der Waals surface area contributed by atoms with Crippen molar-refractivity contribution in [3.63, 3.8) is 0 Å². The molecule has 19 heavy (non-hydrogen) atoms. The van der Waals surface area contributed by atoms with Gasteiger partial charge in [-0.05, 0) is 49.3 Å². The average molecular weight is 276 g/mol. The van der Waals surface area contributed by atoms with E-state index in [-0.39, 0.29) is 0 Å². The Morgan fingerprint density at radius 2 is 2.21 bits per heavy atom. The molecule has 104 valence electrons. The lowest BCUT2D eigenvalue weighted by molar-refractivity contribution is 0.293. The molecule has 1 aromatic carbocycles. The zero-order valence-corrected chi connectivity index (χ0v) is 12.7. The number of aryl methyl sites for hydroxylation is 1. The lowest BCUT2D eigenvalue weighted by Crippen LogP contribution is -2.22. The van der Waals surface area contributed by atoms with E-state index in [0.29, 0.717) is 4.99 Å². The van der Waals surface area contributed by atoms with Gasteiger partial charge < -0.3 is 11.1 Å². The Balaban J connectivity index is 2.02. The van der Waals surface area contributed by atoms with E-state index < -0.39 is 0 Å². The van der Waals surface area contributed by atoms with Crippen LogP contribution in [-0.4, -0.2) is 11.5 Å². The van der Waals surface area contributed by atoms with Crippen molar-refractivity contribution in [3.8, 4) is 0 Å². The van der Waals surface area contributed by atoms with E-state index >= 15 is 0 Å². The lowest BCUT2D eigenvalue weighted by atomic mass is 9.82. The minimum Gasteiger partial charge on any atom is -0.389 e.